The fourth-order valence-corrected chi connectivity index (χ4v) is 5.46. The summed E-state index contributed by atoms with van der Waals surface area (Å²) in [6, 6.07) is 6.33. The van der Waals surface area contributed by atoms with Crippen LogP contribution in [0.25, 0.3) is 0 Å². The zero-order chi connectivity index (χ0) is 23.8. The smallest absolute Gasteiger partial charge is 0.317 e. The van der Waals surface area contributed by atoms with Crippen LogP contribution in [0.2, 0.25) is 0 Å². The van der Waals surface area contributed by atoms with Crippen LogP contribution in [0.5, 0.6) is 11.5 Å². The van der Waals surface area contributed by atoms with Crippen molar-refractivity contribution in [2.45, 2.75) is 58.0 Å². The average molecular weight is 462 g/mol. The number of benzene rings is 1. The third-order valence-corrected chi connectivity index (χ3v) is 7.25. The standard InChI is InChI=1S/C26H43N3O4/c1-19(2)25(20-11-12-23(32-4)24(17-20)33-5)27-26(30)29(15-16-31-3)18-21-9-8-14-28-13-7-6-10-22(21)28/h11-12,17,19,21-22,25H,6-10,13-16,18H2,1-5H3,(H,27,30)/t21-,22+,25?/m0/s1. The summed E-state index contributed by atoms with van der Waals surface area (Å²) in [4.78, 5) is 18.2. The molecule has 2 amide bonds. The van der Waals surface area contributed by atoms with Gasteiger partial charge in [-0.15, -0.1) is 0 Å². The molecule has 1 N–H and O–H groups in total. The minimum absolute atomic E-state index is 0.0199. The Kier molecular flexibility index (Phi) is 9.68. The molecule has 2 aliphatic rings. The molecule has 0 spiro atoms. The Balaban J connectivity index is 1.74. The monoisotopic (exact) mass is 461 g/mol. The van der Waals surface area contributed by atoms with Gasteiger partial charge in [-0.05, 0) is 68.3 Å². The number of carbonyl (C=O) groups is 1. The molecule has 3 rings (SSSR count). The van der Waals surface area contributed by atoms with Crippen LogP contribution in [0.15, 0.2) is 18.2 Å². The lowest BCUT2D eigenvalue weighted by atomic mass is 9.83. The van der Waals surface area contributed by atoms with E-state index in [0.29, 0.717) is 36.6 Å². The lowest BCUT2D eigenvalue weighted by Crippen LogP contribution is -2.53. The van der Waals surface area contributed by atoms with E-state index in [1.54, 1.807) is 21.3 Å². The first-order chi connectivity index (χ1) is 16.0. The maximum Gasteiger partial charge on any atom is 0.317 e. The van der Waals surface area contributed by atoms with Crippen molar-refractivity contribution < 1.29 is 19.0 Å². The Bertz CT molecular complexity index is 755. The SMILES string of the molecule is COCCN(C[C@@H]1CCCN2CCCC[C@H]12)C(=O)NC(c1ccc(OC)c(OC)c1)C(C)C. The van der Waals surface area contributed by atoms with Crippen LogP contribution < -0.4 is 14.8 Å². The summed E-state index contributed by atoms with van der Waals surface area (Å²) in [6.45, 7) is 8.59. The Morgan fingerprint density at radius 2 is 1.85 bits per heavy atom. The van der Waals surface area contributed by atoms with E-state index in [2.05, 4.69) is 24.1 Å². The van der Waals surface area contributed by atoms with Crippen molar-refractivity contribution in [2.75, 3.05) is 54.1 Å². The molecule has 2 fully saturated rings. The van der Waals surface area contributed by atoms with Gasteiger partial charge in [-0.3, -0.25) is 0 Å². The van der Waals surface area contributed by atoms with E-state index in [-0.39, 0.29) is 18.0 Å². The lowest BCUT2D eigenvalue weighted by molar-refractivity contribution is 0.0417. The number of rotatable bonds is 10. The summed E-state index contributed by atoms with van der Waals surface area (Å²) in [5, 5.41) is 3.31. The normalized spacial score (nSPS) is 21.9. The first-order valence-corrected chi connectivity index (χ1v) is 12.5. The number of fused-ring (bicyclic) bond motifs is 1. The highest BCUT2D eigenvalue weighted by molar-refractivity contribution is 5.75. The maximum absolute atomic E-state index is 13.5. The molecular weight excluding hydrogens is 418 g/mol. The second-order valence-electron chi connectivity index (χ2n) is 9.73. The largest absolute Gasteiger partial charge is 0.493 e. The fourth-order valence-electron chi connectivity index (χ4n) is 5.46. The molecule has 0 bridgehead atoms. The molecule has 3 atom stereocenters. The number of piperidine rings is 2. The van der Waals surface area contributed by atoms with Gasteiger partial charge in [0.25, 0.3) is 0 Å². The number of nitrogens with one attached hydrogen (secondary N) is 1. The summed E-state index contributed by atoms with van der Waals surface area (Å²) >= 11 is 0. The van der Waals surface area contributed by atoms with E-state index in [1.165, 1.54) is 45.2 Å². The predicted molar refractivity (Wildman–Crippen MR) is 131 cm³/mol. The van der Waals surface area contributed by atoms with Gasteiger partial charge in [0.2, 0.25) is 0 Å². The Morgan fingerprint density at radius 1 is 1.09 bits per heavy atom. The first kappa shape index (κ1) is 25.6. The average Bonchev–Trinajstić information content (AvgIpc) is 2.84. The molecule has 186 valence electrons. The fraction of sp³-hybridized carbons (Fsp3) is 0.731. The Labute approximate surface area is 199 Å². The van der Waals surface area contributed by atoms with Gasteiger partial charge in [-0.25, -0.2) is 4.79 Å². The third kappa shape index (κ3) is 6.54. The van der Waals surface area contributed by atoms with E-state index in [9.17, 15) is 4.79 Å². The highest BCUT2D eigenvalue weighted by atomic mass is 16.5. The van der Waals surface area contributed by atoms with Crippen molar-refractivity contribution in [3.05, 3.63) is 23.8 Å². The number of carbonyl (C=O) groups excluding carboxylic acids is 1. The van der Waals surface area contributed by atoms with Gasteiger partial charge in [-0.1, -0.05) is 26.3 Å². The molecule has 1 unspecified atom stereocenters. The van der Waals surface area contributed by atoms with E-state index >= 15 is 0 Å². The summed E-state index contributed by atoms with van der Waals surface area (Å²) in [7, 11) is 4.96. The molecule has 2 heterocycles. The van der Waals surface area contributed by atoms with Gasteiger partial charge in [0, 0.05) is 26.2 Å². The number of hydrogen-bond acceptors (Lipinski definition) is 5. The molecule has 33 heavy (non-hydrogen) atoms. The van der Waals surface area contributed by atoms with Gasteiger partial charge < -0.3 is 29.3 Å². The summed E-state index contributed by atoms with van der Waals surface area (Å²) in [5.41, 5.74) is 1.01. The Morgan fingerprint density at radius 3 is 2.55 bits per heavy atom. The molecule has 7 nitrogen and oxygen atoms in total. The van der Waals surface area contributed by atoms with E-state index in [4.69, 9.17) is 14.2 Å². The van der Waals surface area contributed by atoms with E-state index < -0.39 is 0 Å². The third-order valence-electron chi connectivity index (χ3n) is 7.25. The summed E-state index contributed by atoms with van der Waals surface area (Å²) in [5.74, 6) is 2.11. The van der Waals surface area contributed by atoms with Gasteiger partial charge in [0.1, 0.15) is 0 Å². The quantitative estimate of drug-likeness (QED) is 0.562. The van der Waals surface area contributed by atoms with Crippen LogP contribution in [-0.2, 0) is 4.74 Å². The Hall–Kier alpha value is -1.99. The molecule has 0 radical (unpaired) electrons. The molecule has 1 aromatic carbocycles. The highest BCUT2D eigenvalue weighted by Gasteiger charge is 2.35. The van der Waals surface area contributed by atoms with Crippen molar-refractivity contribution in [3.63, 3.8) is 0 Å². The highest BCUT2D eigenvalue weighted by Crippen LogP contribution is 2.33. The van der Waals surface area contributed by atoms with E-state index in [0.717, 1.165) is 12.1 Å². The van der Waals surface area contributed by atoms with Crippen LogP contribution in [-0.4, -0.2) is 76.0 Å². The van der Waals surface area contributed by atoms with Crippen LogP contribution in [0, 0.1) is 11.8 Å². The second kappa shape index (κ2) is 12.5. The molecule has 0 saturated carbocycles. The van der Waals surface area contributed by atoms with Crippen LogP contribution in [0.4, 0.5) is 4.79 Å². The number of urea groups is 1. The van der Waals surface area contributed by atoms with Gasteiger partial charge >= 0.3 is 6.03 Å². The molecule has 7 heteroatoms. The zero-order valence-corrected chi connectivity index (χ0v) is 21.1. The lowest BCUT2D eigenvalue weighted by Gasteiger charge is -2.45. The number of ether oxygens (including phenoxy) is 3. The maximum atomic E-state index is 13.5. The molecule has 2 saturated heterocycles. The van der Waals surface area contributed by atoms with Gasteiger partial charge in [0.15, 0.2) is 11.5 Å². The molecule has 2 aliphatic heterocycles. The van der Waals surface area contributed by atoms with Crippen molar-refractivity contribution >= 4 is 6.03 Å². The van der Waals surface area contributed by atoms with Crippen molar-refractivity contribution in [2.24, 2.45) is 11.8 Å². The van der Waals surface area contributed by atoms with Crippen molar-refractivity contribution in [1.29, 1.82) is 0 Å². The van der Waals surface area contributed by atoms with Gasteiger partial charge in [0.05, 0.1) is 26.9 Å². The molecule has 1 aromatic rings. The summed E-state index contributed by atoms with van der Waals surface area (Å²) < 4.78 is 16.2. The zero-order valence-electron chi connectivity index (χ0n) is 21.1. The van der Waals surface area contributed by atoms with E-state index in [1.807, 2.05) is 23.1 Å². The first-order valence-electron chi connectivity index (χ1n) is 12.5. The predicted octanol–water partition coefficient (Wildman–Crippen LogP) is 4.32. The number of hydrogen-bond donors (Lipinski definition) is 1. The van der Waals surface area contributed by atoms with Crippen LogP contribution in [0.1, 0.15) is 57.6 Å². The molecule has 0 aromatic heterocycles. The van der Waals surface area contributed by atoms with Crippen LogP contribution in [0.3, 0.4) is 0 Å². The second-order valence-corrected chi connectivity index (χ2v) is 9.73. The molecule has 0 aliphatic carbocycles. The minimum atomic E-state index is -0.125. The topological polar surface area (TPSA) is 63.3 Å². The number of amides is 2. The van der Waals surface area contributed by atoms with Crippen LogP contribution >= 0.6 is 0 Å². The molecular formula is C26H43N3O4. The van der Waals surface area contributed by atoms with Crippen molar-refractivity contribution in [3.8, 4) is 11.5 Å². The van der Waals surface area contributed by atoms with Gasteiger partial charge in [-0.2, -0.15) is 0 Å². The van der Waals surface area contributed by atoms with Crippen molar-refractivity contribution in [1.82, 2.24) is 15.1 Å². The summed E-state index contributed by atoms with van der Waals surface area (Å²) in [6.07, 6.45) is 6.28. The number of methoxy groups -OCH3 is 3. The number of nitrogens with zero attached hydrogens (tertiary/aromatic N) is 2. The minimum Gasteiger partial charge on any atom is -0.493 e.